The van der Waals surface area contributed by atoms with Gasteiger partial charge in [0.1, 0.15) is 11.6 Å². The highest BCUT2D eigenvalue weighted by Crippen LogP contribution is 2.28. The molecule has 2 nitrogen and oxygen atoms in total. The summed E-state index contributed by atoms with van der Waals surface area (Å²) in [5.74, 6) is -2.65. The first-order valence-electron chi connectivity index (χ1n) is 5.98. The van der Waals surface area contributed by atoms with Crippen molar-refractivity contribution < 1.29 is 17.9 Å². The van der Waals surface area contributed by atoms with Gasteiger partial charge in [0.2, 0.25) is 0 Å². The molecule has 0 aliphatic heterocycles. The SMILES string of the molecule is COc1cc(C(N)c2cc(F)c(F)cc2F)ccc1C. The third kappa shape index (κ3) is 2.63. The molecule has 0 aromatic heterocycles. The van der Waals surface area contributed by atoms with Gasteiger partial charge in [0.15, 0.2) is 11.6 Å². The molecule has 1 atom stereocenters. The van der Waals surface area contributed by atoms with Gasteiger partial charge in [-0.2, -0.15) is 0 Å². The first-order valence-corrected chi connectivity index (χ1v) is 5.98. The Morgan fingerprint density at radius 1 is 1.00 bits per heavy atom. The molecule has 0 fully saturated rings. The predicted octanol–water partition coefficient (Wildman–Crippen LogP) is 3.47. The third-order valence-electron chi connectivity index (χ3n) is 3.17. The fraction of sp³-hybridized carbons (Fsp3) is 0.200. The summed E-state index contributed by atoms with van der Waals surface area (Å²) in [5.41, 5.74) is 7.27. The fourth-order valence-corrected chi connectivity index (χ4v) is 1.99. The van der Waals surface area contributed by atoms with Gasteiger partial charge in [-0.3, -0.25) is 0 Å². The van der Waals surface area contributed by atoms with E-state index in [1.165, 1.54) is 7.11 Å². The van der Waals surface area contributed by atoms with Gasteiger partial charge in [0.05, 0.1) is 13.2 Å². The fourth-order valence-electron chi connectivity index (χ4n) is 1.99. The summed E-state index contributed by atoms with van der Waals surface area (Å²) in [6, 6.07) is 5.49. The molecule has 0 radical (unpaired) electrons. The number of benzene rings is 2. The maximum Gasteiger partial charge on any atom is 0.161 e. The number of nitrogens with two attached hydrogens (primary N) is 1. The van der Waals surface area contributed by atoms with Crippen LogP contribution < -0.4 is 10.5 Å². The molecule has 106 valence electrons. The molecule has 0 bridgehead atoms. The van der Waals surface area contributed by atoms with Gasteiger partial charge in [0, 0.05) is 11.6 Å². The normalized spacial score (nSPS) is 12.3. The lowest BCUT2D eigenvalue weighted by Crippen LogP contribution is -2.14. The molecule has 2 rings (SSSR count). The minimum Gasteiger partial charge on any atom is -0.496 e. The van der Waals surface area contributed by atoms with Crippen molar-refractivity contribution in [1.29, 1.82) is 0 Å². The van der Waals surface area contributed by atoms with E-state index >= 15 is 0 Å². The van der Waals surface area contributed by atoms with Gasteiger partial charge < -0.3 is 10.5 Å². The van der Waals surface area contributed by atoms with Gasteiger partial charge in [-0.05, 0) is 30.2 Å². The van der Waals surface area contributed by atoms with Crippen molar-refractivity contribution in [3.05, 3.63) is 64.5 Å². The Balaban J connectivity index is 2.46. The van der Waals surface area contributed by atoms with Crippen LogP contribution >= 0.6 is 0 Å². The van der Waals surface area contributed by atoms with Crippen molar-refractivity contribution >= 4 is 0 Å². The monoisotopic (exact) mass is 281 g/mol. The zero-order valence-corrected chi connectivity index (χ0v) is 11.1. The second-order valence-electron chi connectivity index (χ2n) is 4.49. The topological polar surface area (TPSA) is 35.2 Å². The molecule has 2 N–H and O–H groups in total. The van der Waals surface area contributed by atoms with E-state index in [1.807, 2.05) is 6.92 Å². The van der Waals surface area contributed by atoms with Gasteiger partial charge in [-0.25, -0.2) is 13.2 Å². The van der Waals surface area contributed by atoms with Crippen molar-refractivity contribution in [3.63, 3.8) is 0 Å². The molecule has 2 aromatic carbocycles. The molecule has 1 unspecified atom stereocenters. The zero-order valence-electron chi connectivity index (χ0n) is 11.1. The Morgan fingerprint density at radius 2 is 1.65 bits per heavy atom. The maximum atomic E-state index is 13.7. The molecule has 0 saturated carbocycles. The van der Waals surface area contributed by atoms with Crippen LogP contribution in [-0.4, -0.2) is 7.11 Å². The zero-order chi connectivity index (χ0) is 14.9. The first-order chi connectivity index (χ1) is 9.43. The summed E-state index contributed by atoms with van der Waals surface area (Å²) >= 11 is 0. The standard InChI is InChI=1S/C15H14F3NO/c1-8-3-4-9(5-14(8)20-2)15(19)10-6-12(17)13(18)7-11(10)16/h3-7,15H,19H2,1-2H3. The highest BCUT2D eigenvalue weighted by Gasteiger charge is 2.18. The molecule has 0 aliphatic carbocycles. The van der Waals surface area contributed by atoms with Gasteiger partial charge in [0.25, 0.3) is 0 Å². The molecule has 0 saturated heterocycles. The Kier molecular flexibility index (Phi) is 3.99. The number of ether oxygens (including phenoxy) is 1. The number of hydrogen-bond acceptors (Lipinski definition) is 2. The molecule has 0 amide bonds. The van der Waals surface area contributed by atoms with Crippen molar-refractivity contribution in [2.75, 3.05) is 7.11 Å². The molecule has 0 aliphatic rings. The molecule has 0 spiro atoms. The van der Waals surface area contributed by atoms with Crippen LogP contribution in [-0.2, 0) is 0 Å². The Morgan fingerprint density at radius 3 is 2.30 bits per heavy atom. The number of hydrogen-bond donors (Lipinski definition) is 1. The Hall–Kier alpha value is -2.01. The maximum absolute atomic E-state index is 13.7. The lowest BCUT2D eigenvalue weighted by molar-refractivity contribution is 0.411. The smallest absolute Gasteiger partial charge is 0.161 e. The summed E-state index contributed by atoms with van der Waals surface area (Å²) in [5, 5.41) is 0. The molecule has 5 heteroatoms. The van der Waals surface area contributed by atoms with Crippen LogP contribution in [0.3, 0.4) is 0 Å². The molecule has 20 heavy (non-hydrogen) atoms. The van der Waals surface area contributed by atoms with Crippen LogP contribution in [0.4, 0.5) is 13.2 Å². The number of halogens is 3. The van der Waals surface area contributed by atoms with Crippen LogP contribution in [0.5, 0.6) is 5.75 Å². The first kappa shape index (κ1) is 14.4. The average molecular weight is 281 g/mol. The largest absolute Gasteiger partial charge is 0.496 e. The van der Waals surface area contributed by atoms with E-state index < -0.39 is 23.5 Å². The predicted molar refractivity (Wildman–Crippen MR) is 70.1 cm³/mol. The summed E-state index contributed by atoms with van der Waals surface area (Å²) in [7, 11) is 1.51. The summed E-state index contributed by atoms with van der Waals surface area (Å²) in [6.45, 7) is 1.85. The Labute approximate surface area is 115 Å². The summed E-state index contributed by atoms with van der Waals surface area (Å²) < 4.78 is 45.0. The van der Waals surface area contributed by atoms with E-state index in [1.54, 1.807) is 18.2 Å². The van der Waals surface area contributed by atoms with Crippen molar-refractivity contribution in [1.82, 2.24) is 0 Å². The van der Waals surface area contributed by atoms with Crippen LogP contribution in [0, 0.1) is 24.4 Å². The quantitative estimate of drug-likeness (QED) is 0.874. The van der Waals surface area contributed by atoms with E-state index in [-0.39, 0.29) is 5.56 Å². The average Bonchev–Trinajstić information content (AvgIpc) is 2.42. The van der Waals surface area contributed by atoms with Crippen LogP contribution in [0.2, 0.25) is 0 Å². The second-order valence-corrected chi connectivity index (χ2v) is 4.49. The summed E-state index contributed by atoms with van der Waals surface area (Å²) in [6.07, 6.45) is 0. The molecular formula is C15H14F3NO. The number of methoxy groups -OCH3 is 1. The van der Waals surface area contributed by atoms with Crippen molar-refractivity contribution in [3.8, 4) is 5.75 Å². The van der Waals surface area contributed by atoms with Crippen LogP contribution in [0.25, 0.3) is 0 Å². The lowest BCUT2D eigenvalue weighted by atomic mass is 9.97. The van der Waals surface area contributed by atoms with E-state index in [0.29, 0.717) is 17.4 Å². The van der Waals surface area contributed by atoms with Crippen LogP contribution in [0.1, 0.15) is 22.7 Å². The highest BCUT2D eigenvalue weighted by molar-refractivity contribution is 5.41. The lowest BCUT2D eigenvalue weighted by Gasteiger charge is -2.16. The highest BCUT2D eigenvalue weighted by atomic mass is 19.2. The van der Waals surface area contributed by atoms with E-state index in [4.69, 9.17) is 10.5 Å². The minimum absolute atomic E-state index is 0.102. The van der Waals surface area contributed by atoms with Gasteiger partial charge in [-0.1, -0.05) is 12.1 Å². The summed E-state index contributed by atoms with van der Waals surface area (Å²) in [4.78, 5) is 0. The van der Waals surface area contributed by atoms with Gasteiger partial charge >= 0.3 is 0 Å². The van der Waals surface area contributed by atoms with Crippen molar-refractivity contribution in [2.45, 2.75) is 13.0 Å². The van der Waals surface area contributed by atoms with Crippen LogP contribution in [0.15, 0.2) is 30.3 Å². The van der Waals surface area contributed by atoms with E-state index in [2.05, 4.69) is 0 Å². The number of aryl methyl sites for hydroxylation is 1. The molecule has 2 aromatic rings. The molecular weight excluding hydrogens is 267 g/mol. The second kappa shape index (κ2) is 5.54. The Bertz CT molecular complexity index is 643. The van der Waals surface area contributed by atoms with Crippen molar-refractivity contribution in [2.24, 2.45) is 5.73 Å². The third-order valence-corrected chi connectivity index (χ3v) is 3.17. The molecule has 0 heterocycles. The van der Waals surface area contributed by atoms with Gasteiger partial charge in [-0.15, -0.1) is 0 Å². The minimum atomic E-state index is -1.24. The van der Waals surface area contributed by atoms with E-state index in [9.17, 15) is 13.2 Å². The van der Waals surface area contributed by atoms with E-state index in [0.717, 1.165) is 11.6 Å². The number of rotatable bonds is 3.